The van der Waals surface area contributed by atoms with Crippen molar-refractivity contribution >= 4 is 16.7 Å². The summed E-state index contributed by atoms with van der Waals surface area (Å²) in [5, 5.41) is 5.46. The highest BCUT2D eigenvalue weighted by Gasteiger charge is 2.41. The van der Waals surface area contributed by atoms with Crippen molar-refractivity contribution in [2.45, 2.75) is 38.8 Å². The van der Waals surface area contributed by atoms with Gasteiger partial charge in [-0.3, -0.25) is 14.7 Å². The molecule has 0 unspecified atom stereocenters. The van der Waals surface area contributed by atoms with Gasteiger partial charge in [0.25, 0.3) is 0 Å². The van der Waals surface area contributed by atoms with Crippen molar-refractivity contribution in [1.82, 2.24) is 15.2 Å². The summed E-state index contributed by atoms with van der Waals surface area (Å²) in [4.78, 5) is 19.9. The number of hydrogen-bond donors (Lipinski definition) is 1. The highest BCUT2D eigenvalue weighted by atomic mass is 16.1. The number of nitrogens with one attached hydrogen (secondary N) is 1. The van der Waals surface area contributed by atoms with Crippen molar-refractivity contribution in [2.24, 2.45) is 5.92 Å². The number of aromatic nitrogens is 1. The first kappa shape index (κ1) is 19.6. The average molecular weight is 388 g/mol. The van der Waals surface area contributed by atoms with Gasteiger partial charge in [-0.15, -0.1) is 0 Å². The molecule has 29 heavy (non-hydrogen) atoms. The second kappa shape index (κ2) is 7.96. The Labute approximate surface area is 173 Å². The van der Waals surface area contributed by atoms with Crippen LogP contribution in [0.25, 0.3) is 10.8 Å². The van der Waals surface area contributed by atoms with Crippen LogP contribution in [0.2, 0.25) is 0 Å². The summed E-state index contributed by atoms with van der Waals surface area (Å²) >= 11 is 0. The highest BCUT2D eigenvalue weighted by Crippen LogP contribution is 2.36. The number of fused-ring (bicyclic) bond motifs is 1. The van der Waals surface area contributed by atoms with E-state index in [1.807, 2.05) is 24.4 Å². The number of benzene rings is 2. The lowest BCUT2D eigenvalue weighted by Gasteiger charge is -2.31. The molecule has 2 heterocycles. The molecule has 0 aliphatic carbocycles. The van der Waals surface area contributed by atoms with Crippen LogP contribution in [0.3, 0.4) is 0 Å². The predicted octanol–water partition coefficient (Wildman–Crippen LogP) is 4.37. The van der Waals surface area contributed by atoms with E-state index < -0.39 is 0 Å². The van der Waals surface area contributed by atoms with Crippen LogP contribution in [0.1, 0.15) is 37.8 Å². The Morgan fingerprint density at radius 3 is 2.62 bits per heavy atom. The van der Waals surface area contributed by atoms with E-state index >= 15 is 0 Å². The molecule has 0 spiro atoms. The minimum absolute atomic E-state index is 0.0463. The number of amides is 1. The number of pyridine rings is 1. The summed E-state index contributed by atoms with van der Waals surface area (Å²) in [5.41, 5.74) is 2.42. The minimum atomic E-state index is -0.0479. The molecule has 1 saturated heterocycles. The lowest BCUT2D eigenvalue weighted by Crippen LogP contribution is -2.41. The van der Waals surface area contributed by atoms with Crippen LogP contribution in [0, 0.1) is 5.92 Å². The molecule has 150 valence electrons. The topological polar surface area (TPSA) is 45.2 Å². The van der Waals surface area contributed by atoms with Crippen molar-refractivity contribution < 1.29 is 4.79 Å². The lowest BCUT2D eigenvalue weighted by atomic mass is 9.88. The molecule has 1 aromatic heterocycles. The molecular formula is C25H29N3O. The van der Waals surface area contributed by atoms with E-state index in [0.29, 0.717) is 6.54 Å². The molecule has 0 saturated carbocycles. The van der Waals surface area contributed by atoms with Crippen LogP contribution in [-0.4, -0.2) is 34.4 Å². The molecule has 1 fully saturated rings. The van der Waals surface area contributed by atoms with Gasteiger partial charge in [0.15, 0.2) is 0 Å². The number of rotatable bonds is 4. The van der Waals surface area contributed by atoms with Crippen molar-refractivity contribution in [1.29, 1.82) is 0 Å². The van der Waals surface area contributed by atoms with E-state index in [9.17, 15) is 4.79 Å². The molecule has 2 atom stereocenters. The van der Waals surface area contributed by atoms with Gasteiger partial charge in [0.1, 0.15) is 0 Å². The van der Waals surface area contributed by atoms with Gasteiger partial charge in [0.2, 0.25) is 5.91 Å². The van der Waals surface area contributed by atoms with Gasteiger partial charge in [0, 0.05) is 48.9 Å². The number of hydrogen-bond acceptors (Lipinski definition) is 3. The van der Waals surface area contributed by atoms with Gasteiger partial charge >= 0.3 is 0 Å². The number of likely N-dealkylation sites (tertiary alicyclic amines) is 1. The van der Waals surface area contributed by atoms with E-state index in [0.717, 1.165) is 29.4 Å². The standard InChI is InChI=1S/C25H29N3O/c1-25(2,3)28-16-22(18-8-5-4-6-9-18)23(17-28)24(29)27-15-20-11-7-10-19-14-26-13-12-21(19)20/h4-14,22-23H,15-17H2,1-3H3,(H,27,29)/t22-,23+/m0/s1. The average Bonchev–Trinajstić information content (AvgIpc) is 3.19. The van der Waals surface area contributed by atoms with Gasteiger partial charge in [-0.05, 0) is 43.4 Å². The van der Waals surface area contributed by atoms with Gasteiger partial charge in [-0.25, -0.2) is 0 Å². The first-order valence-corrected chi connectivity index (χ1v) is 10.3. The predicted molar refractivity (Wildman–Crippen MR) is 118 cm³/mol. The Morgan fingerprint density at radius 1 is 1.07 bits per heavy atom. The molecule has 0 radical (unpaired) electrons. The van der Waals surface area contributed by atoms with Crippen LogP contribution in [0.4, 0.5) is 0 Å². The largest absolute Gasteiger partial charge is 0.352 e. The molecule has 3 aromatic rings. The molecule has 1 aliphatic heterocycles. The Morgan fingerprint density at radius 2 is 1.86 bits per heavy atom. The molecule has 2 aromatic carbocycles. The Kier molecular flexibility index (Phi) is 5.37. The van der Waals surface area contributed by atoms with Crippen molar-refractivity contribution in [3.63, 3.8) is 0 Å². The Balaban J connectivity index is 1.54. The van der Waals surface area contributed by atoms with Crippen molar-refractivity contribution in [3.05, 3.63) is 78.1 Å². The monoisotopic (exact) mass is 387 g/mol. The fourth-order valence-corrected chi connectivity index (χ4v) is 4.31. The van der Waals surface area contributed by atoms with E-state index in [2.05, 4.69) is 72.4 Å². The summed E-state index contributed by atoms with van der Waals surface area (Å²) < 4.78 is 0. The third-order valence-electron chi connectivity index (χ3n) is 6.06. The maximum Gasteiger partial charge on any atom is 0.225 e. The molecule has 4 heteroatoms. The molecule has 4 nitrogen and oxygen atoms in total. The molecule has 4 rings (SSSR count). The van der Waals surface area contributed by atoms with Gasteiger partial charge < -0.3 is 5.32 Å². The highest BCUT2D eigenvalue weighted by molar-refractivity contribution is 5.86. The number of carbonyl (C=O) groups excluding carboxylic acids is 1. The minimum Gasteiger partial charge on any atom is -0.352 e. The normalized spacial score (nSPS) is 20.1. The first-order valence-electron chi connectivity index (χ1n) is 10.3. The maximum atomic E-state index is 13.3. The van der Waals surface area contributed by atoms with E-state index in [4.69, 9.17) is 0 Å². The third kappa shape index (κ3) is 4.18. The van der Waals surface area contributed by atoms with E-state index in [1.54, 1.807) is 6.20 Å². The zero-order chi connectivity index (χ0) is 20.4. The van der Waals surface area contributed by atoms with Gasteiger partial charge in [-0.2, -0.15) is 0 Å². The fourth-order valence-electron chi connectivity index (χ4n) is 4.31. The summed E-state index contributed by atoms with van der Waals surface area (Å²) in [6.07, 6.45) is 3.67. The van der Waals surface area contributed by atoms with Gasteiger partial charge in [-0.1, -0.05) is 48.5 Å². The third-order valence-corrected chi connectivity index (χ3v) is 6.06. The first-order chi connectivity index (χ1) is 13.9. The maximum absolute atomic E-state index is 13.3. The van der Waals surface area contributed by atoms with E-state index in [1.165, 1.54) is 5.56 Å². The Hall–Kier alpha value is -2.72. The van der Waals surface area contributed by atoms with Crippen LogP contribution < -0.4 is 5.32 Å². The lowest BCUT2D eigenvalue weighted by molar-refractivity contribution is -0.125. The zero-order valence-corrected chi connectivity index (χ0v) is 17.4. The quantitative estimate of drug-likeness (QED) is 0.723. The van der Waals surface area contributed by atoms with E-state index in [-0.39, 0.29) is 23.3 Å². The smallest absolute Gasteiger partial charge is 0.225 e. The molecular weight excluding hydrogens is 358 g/mol. The summed E-state index contributed by atoms with van der Waals surface area (Å²) in [6, 6.07) is 18.6. The molecule has 1 amide bonds. The second-order valence-electron chi connectivity index (χ2n) is 8.93. The van der Waals surface area contributed by atoms with Gasteiger partial charge in [0.05, 0.1) is 5.92 Å². The summed E-state index contributed by atoms with van der Waals surface area (Å²) in [5.74, 6) is 0.303. The second-order valence-corrected chi connectivity index (χ2v) is 8.93. The number of carbonyl (C=O) groups is 1. The van der Waals surface area contributed by atoms with Crippen LogP contribution in [-0.2, 0) is 11.3 Å². The van der Waals surface area contributed by atoms with Crippen molar-refractivity contribution in [2.75, 3.05) is 13.1 Å². The van der Waals surface area contributed by atoms with Crippen LogP contribution in [0.5, 0.6) is 0 Å². The number of nitrogens with zero attached hydrogens (tertiary/aromatic N) is 2. The summed E-state index contributed by atoms with van der Waals surface area (Å²) in [6.45, 7) is 8.89. The van der Waals surface area contributed by atoms with Crippen LogP contribution >= 0.6 is 0 Å². The van der Waals surface area contributed by atoms with Crippen LogP contribution in [0.15, 0.2) is 67.0 Å². The fraction of sp³-hybridized carbons (Fsp3) is 0.360. The molecule has 1 aliphatic rings. The summed E-state index contributed by atoms with van der Waals surface area (Å²) in [7, 11) is 0. The molecule has 1 N–H and O–H groups in total. The van der Waals surface area contributed by atoms with Crippen molar-refractivity contribution in [3.8, 4) is 0 Å². The zero-order valence-electron chi connectivity index (χ0n) is 17.4. The molecule has 0 bridgehead atoms. The SMILES string of the molecule is CC(C)(C)N1C[C@@H](C(=O)NCc2cccc3cnccc23)[C@H](c2ccccc2)C1. The Bertz CT molecular complexity index is 988.